The fraction of sp³-hybridized carbons (Fsp3) is 1.00. The van der Waals surface area contributed by atoms with E-state index in [0.29, 0.717) is 11.5 Å². The van der Waals surface area contributed by atoms with Crippen LogP contribution in [0.4, 0.5) is 0 Å². The predicted molar refractivity (Wildman–Crippen MR) is 94.8 cm³/mol. The van der Waals surface area contributed by atoms with Gasteiger partial charge in [0.05, 0.1) is 0 Å². The van der Waals surface area contributed by atoms with Gasteiger partial charge in [-0.3, -0.25) is 0 Å². The highest BCUT2D eigenvalue weighted by molar-refractivity contribution is 4.85. The topological polar surface area (TPSA) is 15.3 Å². The highest BCUT2D eigenvalue weighted by Gasteiger charge is 2.30. The van der Waals surface area contributed by atoms with E-state index in [9.17, 15) is 0 Å². The summed E-state index contributed by atoms with van der Waals surface area (Å²) in [6.45, 7) is 13.0. The minimum atomic E-state index is 0.493. The molecule has 1 unspecified atom stereocenters. The van der Waals surface area contributed by atoms with E-state index in [4.69, 9.17) is 0 Å². The van der Waals surface area contributed by atoms with Gasteiger partial charge >= 0.3 is 0 Å². The van der Waals surface area contributed by atoms with E-state index in [0.717, 1.165) is 24.4 Å². The van der Waals surface area contributed by atoms with Gasteiger partial charge < -0.3 is 10.2 Å². The maximum Gasteiger partial charge on any atom is 0.0242 e. The fourth-order valence-corrected chi connectivity index (χ4v) is 4.05. The molecule has 0 aliphatic heterocycles. The minimum absolute atomic E-state index is 0.493. The summed E-state index contributed by atoms with van der Waals surface area (Å²) in [7, 11) is 4.47. The van der Waals surface area contributed by atoms with Crippen LogP contribution in [0.25, 0.3) is 0 Å². The Morgan fingerprint density at radius 1 is 1.00 bits per heavy atom. The Morgan fingerprint density at radius 3 is 1.90 bits per heavy atom. The molecule has 1 saturated carbocycles. The Morgan fingerprint density at radius 2 is 1.52 bits per heavy atom. The van der Waals surface area contributed by atoms with Crippen molar-refractivity contribution in [1.82, 2.24) is 10.2 Å². The van der Waals surface area contributed by atoms with E-state index in [1.54, 1.807) is 0 Å². The van der Waals surface area contributed by atoms with E-state index in [1.165, 1.54) is 38.5 Å². The Bertz CT molecular complexity index is 268. The van der Waals surface area contributed by atoms with Crippen molar-refractivity contribution in [3.8, 4) is 0 Å². The van der Waals surface area contributed by atoms with Crippen molar-refractivity contribution in [1.29, 1.82) is 0 Å². The zero-order valence-electron chi connectivity index (χ0n) is 15.7. The van der Waals surface area contributed by atoms with E-state index in [2.05, 4.69) is 58.9 Å². The van der Waals surface area contributed by atoms with Gasteiger partial charge in [-0.2, -0.15) is 0 Å². The number of nitrogens with one attached hydrogen (secondary N) is 1. The maximum absolute atomic E-state index is 3.88. The van der Waals surface area contributed by atoms with Crippen molar-refractivity contribution in [2.24, 2.45) is 17.3 Å². The molecule has 1 aliphatic rings. The Kier molecular flexibility index (Phi) is 7.70. The average Bonchev–Trinajstić information content (AvgIpc) is 2.42. The third-order valence-corrected chi connectivity index (χ3v) is 5.82. The molecular weight excluding hydrogens is 256 g/mol. The van der Waals surface area contributed by atoms with Crippen LogP contribution in [-0.4, -0.2) is 37.6 Å². The lowest BCUT2D eigenvalue weighted by atomic mass is 9.71. The number of hydrogen-bond acceptors (Lipinski definition) is 2. The molecule has 0 aromatic rings. The summed E-state index contributed by atoms with van der Waals surface area (Å²) < 4.78 is 0. The number of hydrogen-bond donors (Lipinski definition) is 1. The summed E-state index contributed by atoms with van der Waals surface area (Å²) in [6, 6.07) is 1.43. The van der Waals surface area contributed by atoms with Gasteiger partial charge in [-0.15, -0.1) is 0 Å². The molecule has 0 amide bonds. The second-order valence-corrected chi connectivity index (χ2v) is 8.43. The summed E-state index contributed by atoms with van der Waals surface area (Å²) in [5.74, 6) is 1.73. The van der Waals surface area contributed by atoms with Crippen LogP contribution in [0.2, 0.25) is 0 Å². The van der Waals surface area contributed by atoms with Crippen molar-refractivity contribution in [2.75, 3.05) is 20.6 Å². The molecule has 0 radical (unpaired) electrons. The Labute approximate surface area is 134 Å². The SMILES string of the molecule is CCC(CC)C(CNC1CCC(C(C)(C)C)CC1)N(C)C. The first-order valence-corrected chi connectivity index (χ1v) is 9.19. The molecule has 1 N–H and O–H groups in total. The van der Waals surface area contributed by atoms with Crippen molar-refractivity contribution < 1.29 is 0 Å². The molecule has 0 spiro atoms. The van der Waals surface area contributed by atoms with Gasteiger partial charge in [0.15, 0.2) is 0 Å². The largest absolute Gasteiger partial charge is 0.312 e. The molecule has 1 atom stereocenters. The number of likely N-dealkylation sites (N-methyl/N-ethyl adjacent to an activating group) is 1. The van der Waals surface area contributed by atoms with Gasteiger partial charge in [0, 0.05) is 18.6 Å². The van der Waals surface area contributed by atoms with E-state index >= 15 is 0 Å². The Hall–Kier alpha value is -0.0800. The van der Waals surface area contributed by atoms with Crippen molar-refractivity contribution in [2.45, 2.75) is 85.2 Å². The molecule has 0 saturated heterocycles. The van der Waals surface area contributed by atoms with Gasteiger partial charge in [0.1, 0.15) is 0 Å². The first-order chi connectivity index (χ1) is 9.79. The molecule has 0 aromatic heterocycles. The summed E-state index contributed by atoms with van der Waals surface area (Å²) in [5, 5.41) is 3.88. The third-order valence-electron chi connectivity index (χ3n) is 5.82. The summed E-state index contributed by atoms with van der Waals surface area (Å²) >= 11 is 0. The van der Waals surface area contributed by atoms with Crippen LogP contribution in [-0.2, 0) is 0 Å². The molecule has 1 fully saturated rings. The fourth-order valence-electron chi connectivity index (χ4n) is 4.05. The molecule has 126 valence electrons. The van der Waals surface area contributed by atoms with Crippen LogP contribution >= 0.6 is 0 Å². The minimum Gasteiger partial charge on any atom is -0.312 e. The lowest BCUT2D eigenvalue weighted by Gasteiger charge is -2.38. The van der Waals surface area contributed by atoms with E-state index in [1.807, 2.05) is 0 Å². The number of nitrogens with zero attached hydrogens (tertiary/aromatic N) is 1. The quantitative estimate of drug-likeness (QED) is 0.741. The molecule has 21 heavy (non-hydrogen) atoms. The molecule has 1 aliphatic carbocycles. The zero-order chi connectivity index (χ0) is 16.0. The first-order valence-electron chi connectivity index (χ1n) is 9.19. The van der Waals surface area contributed by atoms with Gasteiger partial charge in [0.2, 0.25) is 0 Å². The van der Waals surface area contributed by atoms with Crippen molar-refractivity contribution >= 4 is 0 Å². The molecule has 2 heteroatoms. The smallest absolute Gasteiger partial charge is 0.0242 e. The molecule has 2 nitrogen and oxygen atoms in total. The normalized spacial score (nSPS) is 25.6. The van der Waals surface area contributed by atoms with E-state index < -0.39 is 0 Å². The summed E-state index contributed by atoms with van der Waals surface area (Å²) in [5.41, 5.74) is 0.493. The van der Waals surface area contributed by atoms with Crippen LogP contribution in [0, 0.1) is 17.3 Å². The highest BCUT2D eigenvalue weighted by atomic mass is 15.1. The lowest BCUT2D eigenvalue weighted by molar-refractivity contribution is 0.146. The summed E-state index contributed by atoms with van der Waals surface area (Å²) in [4.78, 5) is 2.42. The highest BCUT2D eigenvalue weighted by Crippen LogP contribution is 2.37. The van der Waals surface area contributed by atoms with Crippen molar-refractivity contribution in [3.05, 3.63) is 0 Å². The lowest BCUT2D eigenvalue weighted by Crippen LogP contribution is -2.47. The molecule has 0 heterocycles. The summed E-state index contributed by atoms with van der Waals surface area (Å²) in [6.07, 6.45) is 8.11. The maximum atomic E-state index is 3.88. The first kappa shape index (κ1) is 19.0. The van der Waals surface area contributed by atoms with Crippen LogP contribution in [0.5, 0.6) is 0 Å². The van der Waals surface area contributed by atoms with Gasteiger partial charge in [-0.1, -0.05) is 47.5 Å². The van der Waals surface area contributed by atoms with Crippen LogP contribution in [0.1, 0.15) is 73.1 Å². The van der Waals surface area contributed by atoms with E-state index in [-0.39, 0.29) is 0 Å². The zero-order valence-corrected chi connectivity index (χ0v) is 15.7. The van der Waals surface area contributed by atoms with Crippen LogP contribution in [0.15, 0.2) is 0 Å². The number of rotatable bonds is 7. The molecule has 0 aromatic carbocycles. The molecule has 1 rings (SSSR count). The third kappa shape index (κ3) is 5.90. The van der Waals surface area contributed by atoms with Crippen LogP contribution < -0.4 is 5.32 Å². The monoisotopic (exact) mass is 296 g/mol. The second kappa shape index (κ2) is 8.53. The average molecular weight is 297 g/mol. The standard InChI is InChI=1S/C19H40N2/c1-8-15(9-2)18(21(6)7)14-20-17-12-10-16(11-13-17)19(3,4)5/h15-18,20H,8-14H2,1-7H3. The second-order valence-electron chi connectivity index (χ2n) is 8.43. The van der Waals surface area contributed by atoms with Gasteiger partial charge in [0.25, 0.3) is 0 Å². The molecular formula is C19H40N2. The van der Waals surface area contributed by atoms with Gasteiger partial charge in [-0.05, 0) is 57.0 Å². The molecule has 0 bridgehead atoms. The van der Waals surface area contributed by atoms with Gasteiger partial charge in [-0.25, -0.2) is 0 Å². The Balaban J connectivity index is 2.41. The predicted octanol–water partition coefficient (Wildman–Crippen LogP) is 4.55. The van der Waals surface area contributed by atoms with Crippen LogP contribution in [0.3, 0.4) is 0 Å². The van der Waals surface area contributed by atoms with Crippen molar-refractivity contribution in [3.63, 3.8) is 0 Å².